The highest BCUT2D eigenvalue weighted by molar-refractivity contribution is 6.31. The lowest BCUT2D eigenvalue weighted by Crippen LogP contribution is -2.46. The van der Waals surface area contributed by atoms with Crippen LogP contribution in [0.25, 0.3) is 16.8 Å². The van der Waals surface area contributed by atoms with Crippen molar-refractivity contribution < 1.29 is 9.50 Å². The maximum absolute atomic E-state index is 13.8. The average Bonchev–Trinajstić information content (AvgIpc) is 2.72. The van der Waals surface area contributed by atoms with Gasteiger partial charge in [0.15, 0.2) is 0 Å². The van der Waals surface area contributed by atoms with E-state index in [1.54, 1.807) is 0 Å². The number of hydrogen-bond acceptors (Lipinski definition) is 5. The number of nitriles is 1. The molecule has 0 bridgehead atoms. The molecule has 1 aliphatic carbocycles. The van der Waals surface area contributed by atoms with Crippen molar-refractivity contribution in [2.24, 2.45) is 0 Å². The molecular formula is C22H17Cl2FN4O3. The molecule has 164 valence electrons. The molecule has 0 unspecified atom stereocenters. The summed E-state index contributed by atoms with van der Waals surface area (Å²) in [7, 11) is 0. The third-order valence-electron chi connectivity index (χ3n) is 5.62. The largest absolute Gasteiger partial charge is 0.389 e. The molecule has 0 atom stereocenters. The zero-order valence-corrected chi connectivity index (χ0v) is 18.2. The van der Waals surface area contributed by atoms with Crippen LogP contribution < -0.4 is 11.2 Å². The van der Waals surface area contributed by atoms with Crippen LogP contribution in [0.3, 0.4) is 0 Å². The summed E-state index contributed by atoms with van der Waals surface area (Å²) >= 11 is 12.0. The van der Waals surface area contributed by atoms with Crippen LogP contribution in [0.2, 0.25) is 10.0 Å². The summed E-state index contributed by atoms with van der Waals surface area (Å²) in [6, 6.07) is 7.10. The molecule has 2 aromatic heterocycles. The fraction of sp³-hybridized carbons (Fsp3) is 0.273. The van der Waals surface area contributed by atoms with E-state index in [2.05, 4.69) is 4.98 Å². The monoisotopic (exact) mass is 474 g/mol. The van der Waals surface area contributed by atoms with Gasteiger partial charge in [-0.25, -0.2) is 13.8 Å². The van der Waals surface area contributed by atoms with Crippen LogP contribution in [-0.4, -0.2) is 24.8 Å². The zero-order valence-electron chi connectivity index (χ0n) is 16.7. The number of aromatic nitrogens is 3. The standard InChI is InChI=1S/C22H17Cl2FN4O3/c23-14-9-15(12-27-11-14)29-20(30)19(13-2-3-17(25)16(24)8-13)18(10-22(32)4-1-5-22)28(7-6-26)21(29)31/h2-3,8-9,11-12,32H,1,4-5,7,10H2. The van der Waals surface area contributed by atoms with Gasteiger partial charge in [0.05, 0.1) is 39.2 Å². The maximum atomic E-state index is 13.8. The van der Waals surface area contributed by atoms with Crippen LogP contribution in [0.4, 0.5) is 4.39 Å². The van der Waals surface area contributed by atoms with E-state index in [0.717, 1.165) is 21.6 Å². The maximum Gasteiger partial charge on any atom is 0.336 e. The van der Waals surface area contributed by atoms with Crippen molar-refractivity contribution in [1.29, 1.82) is 5.26 Å². The molecule has 2 heterocycles. The van der Waals surface area contributed by atoms with Crippen LogP contribution in [0, 0.1) is 17.1 Å². The molecule has 0 amide bonds. The summed E-state index contributed by atoms with van der Waals surface area (Å²) in [6.07, 6.45) is 4.44. The van der Waals surface area contributed by atoms with Crippen LogP contribution in [0.1, 0.15) is 25.0 Å². The van der Waals surface area contributed by atoms with Crippen molar-refractivity contribution in [2.45, 2.75) is 37.8 Å². The lowest BCUT2D eigenvalue weighted by atomic mass is 9.76. The summed E-state index contributed by atoms with van der Waals surface area (Å²) < 4.78 is 15.8. The molecule has 1 fully saturated rings. The summed E-state index contributed by atoms with van der Waals surface area (Å²) in [5.74, 6) is -0.667. The molecule has 1 N–H and O–H groups in total. The topological polar surface area (TPSA) is 101 Å². The molecule has 1 saturated carbocycles. The van der Waals surface area contributed by atoms with Gasteiger partial charge >= 0.3 is 5.69 Å². The minimum absolute atomic E-state index is 0.0157. The fourth-order valence-corrected chi connectivity index (χ4v) is 4.23. The Kier molecular flexibility index (Phi) is 5.91. The van der Waals surface area contributed by atoms with Crippen molar-refractivity contribution >= 4 is 23.2 Å². The fourth-order valence-electron chi connectivity index (χ4n) is 3.88. The van der Waals surface area contributed by atoms with Crippen molar-refractivity contribution in [3.8, 4) is 22.9 Å². The van der Waals surface area contributed by atoms with E-state index in [0.29, 0.717) is 12.8 Å². The third-order valence-corrected chi connectivity index (χ3v) is 6.12. The normalized spacial score (nSPS) is 14.6. The smallest absolute Gasteiger partial charge is 0.336 e. The number of pyridine rings is 1. The SMILES string of the molecule is N#CCn1c(CC2(O)CCC2)c(-c2ccc(F)c(Cl)c2)c(=O)n(-c2cncc(Cl)c2)c1=O. The second-order valence-electron chi connectivity index (χ2n) is 7.73. The van der Waals surface area contributed by atoms with E-state index >= 15 is 0 Å². The van der Waals surface area contributed by atoms with Gasteiger partial charge in [-0.1, -0.05) is 29.3 Å². The van der Waals surface area contributed by atoms with Crippen molar-refractivity contribution in [3.63, 3.8) is 0 Å². The van der Waals surface area contributed by atoms with Gasteiger partial charge in [0, 0.05) is 18.3 Å². The molecule has 7 nitrogen and oxygen atoms in total. The lowest BCUT2D eigenvalue weighted by Gasteiger charge is -2.37. The summed E-state index contributed by atoms with van der Waals surface area (Å²) in [5, 5.41) is 20.2. The first kappa shape index (κ1) is 22.2. The Bertz CT molecular complexity index is 1370. The first-order chi connectivity index (χ1) is 15.2. The Morgan fingerprint density at radius 2 is 1.97 bits per heavy atom. The summed E-state index contributed by atoms with van der Waals surface area (Å²) in [6.45, 7) is -0.361. The number of aliphatic hydroxyl groups is 1. The number of hydrogen-bond donors (Lipinski definition) is 1. The van der Waals surface area contributed by atoms with Crippen LogP contribution in [0.15, 0.2) is 46.2 Å². The highest BCUT2D eigenvalue weighted by Gasteiger charge is 2.37. The van der Waals surface area contributed by atoms with Gasteiger partial charge in [0.2, 0.25) is 0 Å². The van der Waals surface area contributed by atoms with Gasteiger partial charge in [-0.3, -0.25) is 14.3 Å². The molecule has 3 aromatic rings. The zero-order chi connectivity index (χ0) is 23.0. The highest BCUT2D eigenvalue weighted by Crippen LogP contribution is 2.36. The molecule has 0 spiro atoms. The molecule has 10 heteroatoms. The predicted molar refractivity (Wildman–Crippen MR) is 118 cm³/mol. The minimum Gasteiger partial charge on any atom is -0.389 e. The van der Waals surface area contributed by atoms with Crippen LogP contribution in [0.5, 0.6) is 0 Å². The van der Waals surface area contributed by atoms with Crippen molar-refractivity contribution in [1.82, 2.24) is 14.1 Å². The Labute approximate surface area is 191 Å². The number of nitrogens with zero attached hydrogens (tertiary/aromatic N) is 4. The quantitative estimate of drug-likeness (QED) is 0.609. The van der Waals surface area contributed by atoms with Crippen molar-refractivity contribution in [3.05, 3.63) is 79.1 Å². The summed E-state index contributed by atoms with van der Waals surface area (Å²) in [5.41, 5.74) is -1.97. The molecule has 1 aliphatic rings. The van der Waals surface area contributed by atoms with E-state index in [1.165, 1.54) is 30.6 Å². The van der Waals surface area contributed by atoms with E-state index in [-0.39, 0.29) is 45.5 Å². The molecule has 32 heavy (non-hydrogen) atoms. The van der Waals surface area contributed by atoms with E-state index in [9.17, 15) is 24.3 Å². The molecule has 0 radical (unpaired) electrons. The average molecular weight is 475 g/mol. The second kappa shape index (κ2) is 8.51. The van der Waals surface area contributed by atoms with Gasteiger partial charge in [-0.15, -0.1) is 0 Å². The summed E-state index contributed by atoms with van der Waals surface area (Å²) in [4.78, 5) is 30.9. The van der Waals surface area contributed by atoms with Crippen LogP contribution >= 0.6 is 23.2 Å². The predicted octanol–water partition coefficient (Wildman–Crippen LogP) is 3.49. The van der Waals surface area contributed by atoms with Crippen LogP contribution in [-0.2, 0) is 13.0 Å². The molecule has 0 saturated heterocycles. The van der Waals surface area contributed by atoms with Gasteiger partial charge in [0.25, 0.3) is 5.56 Å². The second-order valence-corrected chi connectivity index (χ2v) is 8.58. The Hall–Kier alpha value is -2.99. The Morgan fingerprint density at radius 1 is 1.22 bits per heavy atom. The number of halogens is 3. The van der Waals surface area contributed by atoms with E-state index in [1.807, 2.05) is 6.07 Å². The Morgan fingerprint density at radius 3 is 2.56 bits per heavy atom. The molecule has 1 aromatic carbocycles. The number of benzene rings is 1. The number of rotatable bonds is 5. The first-order valence-corrected chi connectivity index (χ1v) is 10.5. The van der Waals surface area contributed by atoms with E-state index in [4.69, 9.17) is 23.2 Å². The van der Waals surface area contributed by atoms with Gasteiger partial charge in [-0.05, 0) is 43.0 Å². The molecular weight excluding hydrogens is 458 g/mol. The van der Waals surface area contributed by atoms with E-state index < -0.39 is 22.7 Å². The minimum atomic E-state index is -1.10. The van der Waals surface area contributed by atoms with Gasteiger partial charge < -0.3 is 5.11 Å². The lowest BCUT2D eigenvalue weighted by molar-refractivity contribution is -0.0337. The van der Waals surface area contributed by atoms with Gasteiger partial charge in [-0.2, -0.15) is 5.26 Å². The Balaban J connectivity index is 2.10. The highest BCUT2D eigenvalue weighted by atomic mass is 35.5. The van der Waals surface area contributed by atoms with Gasteiger partial charge in [0.1, 0.15) is 12.4 Å². The van der Waals surface area contributed by atoms with Crippen molar-refractivity contribution in [2.75, 3.05) is 0 Å². The molecule has 0 aliphatic heterocycles. The molecule has 4 rings (SSSR count). The first-order valence-electron chi connectivity index (χ1n) is 9.78. The third kappa shape index (κ3) is 3.95.